The molecule has 4 nitrogen and oxygen atoms in total. The smallest absolute Gasteiger partial charge is 0.191 e. The molecule has 0 radical (unpaired) electrons. The first kappa shape index (κ1) is 18.4. The number of hydrogen-bond acceptors (Lipinski definition) is 3. The summed E-state index contributed by atoms with van der Waals surface area (Å²) in [6.45, 7) is 7.79. The fraction of sp³-hybridized carbons (Fsp3) is 0.444. The highest BCUT2D eigenvalue weighted by Gasteiger charge is 2.17. The maximum absolute atomic E-state index is 13.2. The molecule has 2 rings (SSSR count). The van der Waals surface area contributed by atoms with Crippen LogP contribution in [-0.2, 0) is 18.4 Å². The summed E-state index contributed by atoms with van der Waals surface area (Å²) in [4.78, 5) is 8.87. The van der Waals surface area contributed by atoms with Gasteiger partial charge in [0.15, 0.2) is 5.96 Å². The van der Waals surface area contributed by atoms with Crippen molar-refractivity contribution in [1.82, 2.24) is 15.6 Å². The summed E-state index contributed by atoms with van der Waals surface area (Å²) in [5.41, 5.74) is 2.11. The van der Waals surface area contributed by atoms with Crippen LogP contribution in [0.3, 0.4) is 0 Å². The van der Waals surface area contributed by atoms with E-state index in [1.165, 1.54) is 12.1 Å². The number of halogens is 1. The third-order valence-electron chi connectivity index (χ3n) is 3.52. The zero-order valence-corrected chi connectivity index (χ0v) is 15.5. The van der Waals surface area contributed by atoms with Crippen molar-refractivity contribution in [2.75, 3.05) is 13.6 Å². The predicted octanol–water partition coefficient (Wildman–Crippen LogP) is 3.49. The van der Waals surface area contributed by atoms with Crippen molar-refractivity contribution in [1.29, 1.82) is 0 Å². The van der Waals surface area contributed by atoms with Gasteiger partial charge < -0.3 is 10.6 Å². The average Bonchev–Trinajstić information content (AvgIpc) is 3.00. The van der Waals surface area contributed by atoms with Gasteiger partial charge in [-0.3, -0.25) is 4.99 Å². The maximum Gasteiger partial charge on any atom is 0.191 e. The molecule has 0 amide bonds. The molecule has 0 aliphatic carbocycles. The first-order valence-electron chi connectivity index (χ1n) is 8.02. The Hall–Kier alpha value is -1.95. The Morgan fingerprint density at radius 3 is 2.71 bits per heavy atom. The minimum atomic E-state index is -0.226. The molecule has 0 unspecified atom stereocenters. The van der Waals surface area contributed by atoms with Crippen LogP contribution >= 0.6 is 11.3 Å². The largest absolute Gasteiger partial charge is 0.356 e. The van der Waals surface area contributed by atoms with Crippen molar-refractivity contribution >= 4 is 17.3 Å². The summed E-state index contributed by atoms with van der Waals surface area (Å²) < 4.78 is 13.2. The summed E-state index contributed by atoms with van der Waals surface area (Å²) in [7, 11) is 1.72. The lowest BCUT2D eigenvalue weighted by Crippen LogP contribution is -2.37. The molecule has 0 saturated heterocycles. The second-order valence-electron chi connectivity index (χ2n) is 6.61. The van der Waals surface area contributed by atoms with E-state index in [1.807, 2.05) is 6.07 Å². The molecule has 6 heteroatoms. The van der Waals surface area contributed by atoms with Gasteiger partial charge >= 0.3 is 0 Å². The Bertz CT molecular complexity index is 688. The lowest BCUT2D eigenvalue weighted by molar-refractivity contribution is 0.570. The van der Waals surface area contributed by atoms with E-state index in [-0.39, 0.29) is 11.2 Å². The lowest BCUT2D eigenvalue weighted by Gasteiger charge is -2.14. The van der Waals surface area contributed by atoms with Crippen LogP contribution in [-0.4, -0.2) is 24.5 Å². The quantitative estimate of drug-likeness (QED) is 0.642. The Balaban J connectivity index is 1.78. The van der Waals surface area contributed by atoms with Crippen LogP contribution in [0.4, 0.5) is 4.39 Å². The van der Waals surface area contributed by atoms with Crippen molar-refractivity contribution < 1.29 is 4.39 Å². The molecule has 0 saturated carbocycles. The average molecular weight is 348 g/mol. The zero-order valence-electron chi connectivity index (χ0n) is 14.7. The first-order valence-corrected chi connectivity index (χ1v) is 8.90. The molecular weight excluding hydrogens is 323 g/mol. The molecule has 2 aromatic rings. The van der Waals surface area contributed by atoms with Gasteiger partial charge in [0.25, 0.3) is 0 Å². The number of nitrogens with zero attached hydrogens (tertiary/aromatic N) is 2. The van der Waals surface area contributed by atoms with E-state index in [4.69, 9.17) is 0 Å². The van der Waals surface area contributed by atoms with Gasteiger partial charge in [-0.05, 0) is 17.7 Å². The molecule has 0 fully saturated rings. The normalized spacial score (nSPS) is 12.3. The number of nitrogens with one attached hydrogen (secondary N) is 2. The molecule has 0 atom stereocenters. The van der Waals surface area contributed by atoms with Crippen LogP contribution in [0.5, 0.6) is 0 Å². The van der Waals surface area contributed by atoms with E-state index in [9.17, 15) is 4.39 Å². The summed E-state index contributed by atoms with van der Waals surface area (Å²) in [5, 5.41) is 9.70. The van der Waals surface area contributed by atoms with Gasteiger partial charge in [-0.15, -0.1) is 11.3 Å². The van der Waals surface area contributed by atoms with E-state index in [2.05, 4.69) is 46.8 Å². The summed E-state index contributed by atoms with van der Waals surface area (Å²) in [5.74, 6) is 0.475. The van der Waals surface area contributed by atoms with Gasteiger partial charge in [-0.2, -0.15) is 0 Å². The second-order valence-corrected chi connectivity index (χ2v) is 7.55. The highest BCUT2D eigenvalue weighted by atomic mass is 32.1. The number of benzene rings is 1. The highest BCUT2D eigenvalue weighted by molar-refractivity contribution is 7.09. The highest BCUT2D eigenvalue weighted by Crippen LogP contribution is 2.23. The summed E-state index contributed by atoms with van der Waals surface area (Å²) in [6, 6.07) is 6.55. The van der Waals surface area contributed by atoms with Crippen molar-refractivity contribution in [3.63, 3.8) is 0 Å². The van der Waals surface area contributed by atoms with Gasteiger partial charge in [-0.1, -0.05) is 32.9 Å². The Kier molecular flexibility index (Phi) is 6.31. The Labute approximate surface area is 147 Å². The molecular formula is C18H25FN4S. The molecule has 0 spiro atoms. The van der Waals surface area contributed by atoms with E-state index >= 15 is 0 Å². The van der Waals surface area contributed by atoms with Crippen LogP contribution < -0.4 is 10.6 Å². The number of aliphatic imine (C=N–C) groups is 1. The number of guanidine groups is 1. The second kappa shape index (κ2) is 8.24. The van der Waals surface area contributed by atoms with Crippen LogP contribution in [0.1, 0.15) is 37.0 Å². The molecule has 2 N–H and O–H groups in total. The van der Waals surface area contributed by atoms with Crippen LogP contribution in [0.15, 0.2) is 34.6 Å². The van der Waals surface area contributed by atoms with Gasteiger partial charge in [0, 0.05) is 37.4 Å². The number of rotatable bonds is 5. The van der Waals surface area contributed by atoms with Crippen LogP contribution in [0.2, 0.25) is 0 Å². The minimum absolute atomic E-state index is 0.0880. The van der Waals surface area contributed by atoms with Crippen molar-refractivity contribution in [2.24, 2.45) is 4.99 Å². The Morgan fingerprint density at radius 1 is 1.29 bits per heavy atom. The third-order valence-corrected chi connectivity index (χ3v) is 4.43. The molecule has 1 aromatic carbocycles. The monoisotopic (exact) mass is 348 g/mol. The Morgan fingerprint density at radius 2 is 2.08 bits per heavy atom. The van der Waals surface area contributed by atoms with Gasteiger partial charge in [0.1, 0.15) is 5.82 Å². The standard InChI is InChI=1S/C18H25FN4S/c1-18(2,3)15-12-24-16(23-15)8-9-21-17(20-4)22-11-13-6-5-7-14(19)10-13/h5-7,10,12H,8-9,11H2,1-4H3,(H2,20,21,22). The van der Waals surface area contributed by atoms with Crippen LogP contribution in [0, 0.1) is 5.82 Å². The van der Waals surface area contributed by atoms with Crippen molar-refractivity contribution in [3.8, 4) is 0 Å². The molecule has 24 heavy (non-hydrogen) atoms. The van der Waals surface area contributed by atoms with E-state index < -0.39 is 0 Å². The van der Waals surface area contributed by atoms with Crippen LogP contribution in [0.25, 0.3) is 0 Å². The minimum Gasteiger partial charge on any atom is -0.356 e. The maximum atomic E-state index is 13.2. The topological polar surface area (TPSA) is 49.3 Å². The van der Waals surface area contributed by atoms with E-state index in [0.29, 0.717) is 12.5 Å². The molecule has 0 bridgehead atoms. The fourth-order valence-corrected chi connectivity index (χ4v) is 3.14. The lowest BCUT2D eigenvalue weighted by atomic mass is 9.93. The van der Waals surface area contributed by atoms with Gasteiger partial charge in [-0.25, -0.2) is 9.37 Å². The fourth-order valence-electron chi connectivity index (χ4n) is 2.11. The molecule has 130 valence electrons. The number of thiazole rings is 1. The van der Waals surface area contributed by atoms with Gasteiger partial charge in [0.05, 0.1) is 10.7 Å². The zero-order chi connectivity index (χ0) is 17.6. The molecule has 0 aliphatic heterocycles. The summed E-state index contributed by atoms with van der Waals surface area (Å²) in [6.07, 6.45) is 0.849. The van der Waals surface area contributed by atoms with Crippen molar-refractivity contribution in [2.45, 2.75) is 39.2 Å². The van der Waals surface area contributed by atoms with E-state index in [1.54, 1.807) is 24.5 Å². The van der Waals surface area contributed by atoms with E-state index in [0.717, 1.165) is 29.2 Å². The molecule has 1 aromatic heterocycles. The number of aromatic nitrogens is 1. The molecule has 0 aliphatic rings. The van der Waals surface area contributed by atoms with Gasteiger partial charge in [0.2, 0.25) is 0 Å². The summed E-state index contributed by atoms with van der Waals surface area (Å²) >= 11 is 1.69. The SMILES string of the molecule is CN=C(NCCc1nc(C(C)(C)C)cs1)NCc1cccc(F)c1. The molecule has 1 heterocycles. The number of hydrogen-bond donors (Lipinski definition) is 2. The predicted molar refractivity (Wildman–Crippen MR) is 99.1 cm³/mol. The van der Waals surface area contributed by atoms with Crippen molar-refractivity contribution in [3.05, 3.63) is 51.7 Å². The third kappa shape index (κ3) is 5.60. The first-order chi connectivity index (χ1) is 11.4.